The summed E-state index contributed by atoms with van der Waals surface area (Å²) in [5.41, 5.74) is 2.46. The first-order valence-electron chi connectivity index (χ1n) is 10.7. The lowest BCUT2D eigenvalue weighted by Crippen LogP contribution is -2.48. The number of carbonyl (C=O) groups is 3. The fourth-order valence-electron chi connectivity index (χ4n) is 3.22. The number of aryl methyl sites for hydroxylation is 3. The van der Waals surface area contributed by atoms with E-state index in [1.165, 1.54) is 11.8 Å². The minimum absolute atomic E-state index is 0.182. The van der Waals surface area contributed by atoms with Gasteiger partial charge in [0.2, 0.25) is 0 Å². The van der Waals surface area contributed by atoms with Gasteiger partial charge in [-0.15, -0.1) is 0 Å². The number of anilines is 1. The fraction of sp³-hybridized carbons (Fsp3) is 0.476. The number of carboxylic acids is 1. The topological polar surface area (TPSA) is 147 Å². The van der Waals surface area contributed by atoms with E-state index in [-0.39, 0.29) is 13.2 Å². The summed E-state index contributed by atoms with van der Waals surface area (Å²) in [5, 5.41) is 21.5. The van der Waals surface area contributed by atoms with Gasteiger partial charge in [-0.3, -0.25) is 9.48 Å². The maximum atomic E-state index is 12.4. The van der Waals surface area contributed by atoms with E-state index in [0.717, 1.165) is 30.9 Å². The Morgan fingerprint density at radius 3 is 2.97 bits per heavy atom. The zero-order valence-corrected chi connectivity index (χ0v) is 18.0. The maximum absolute atomic E-state index is 12.4. The molecule has 1 unspecified atom stereocenters. The van der Waals surface area contributed by atoms with Crippen LogP contribution in [0.15, 0.2) is 24.5 Å². The Labute approximate surface area is 185 Å². The number of amides is 2. The number of nitrogens with zero attached hydrogens (tertiary/aromatic N) is 3. The third-order valence-corrected chi connectivity index (χ3v) is 4.94. The number of aromatic nitrogens is 3. The first-order chi connectivity index (χ1) is 15.5. The normalized spacial score (nSPS) is 13.4. The Kier molecular flexibility index (Phi) is 8.01. The first kappa shape index (κ1) is 23.0. The number of fused-ring (bicyclic) bond motifs is 1. The van der Waals surface area contributed by atoms with E-state index in [4.69, 9.17) is 4.74 Å². The molecule has 2 amide bonds. The number of carbonyl (C=O) groups excluding carboxylic acids is 2. The van der Waals surface area contributed by atoms with E-state index in [9.17, 15) is 19.5 Å². The second-order valence-corrected chi connectivity index (χ2v) is 7.46. The van der Waals surface area contributed by atoms with Gasteiger partial charge in [-0.2, -0.15) is 5.10 Å². The molecule has 1 aliphatic rings. The van der Waals surface area contributed by atoms with Crippen molar-refractivity contribution < 1.29 is 24.2 Å². The number of rotatable bonds is 10. The zero-order chi connectivity index (χ0) is 22.9. The number of alkyl carbamates (subject to hydrolysis) is 1. The van der Waals surface area contributed by atoms with Crippen LogP contribution in [0.25, 0.3) is 0 Å². The summed E-state index contributed by atoms with van der Waals surface area (Å²) in [5.74, 6) is -0.821. The molecule has 3 rings (SSSR count). The van der Waals surface area contributed by atoms with Crippen molar-refractivity contribution in [2.45, 2.75) is 45.2 Å². The van der Waals surface area contributed by atoms with Gasteiger partial charge < -0.3 is 25.8 Å². The van der Waals surface area contributed by atoms with Crippen molar-refractivity contribution in [3.8, 4) is 0 Å². The van der Waals surface area contributed by atoms with Gasteiger partial charge in [0.25, 0.3) is 5.91 Å². The van der Waals surface area contributed by atoms with E-state index in [0.29, 0.717) is 24.9 Å². The molecule has 0 aliphatic carbocycles. The predicted octanol–water partition coefficient (Wildman–Crippen LogP) is 1.20. The van der Waals surface area contributed by atoms with Crippen LogP contribution in [0.1, 0.15) is 41.4 Å². The van der Waals surface area contributed by atoms with Crippen LogP contribution in [-0.4, -0.2) is 63.6 Å². The maximum Gasteiger partial charge on any atom is 0.407 e. The average Bonchev–Trinajstić information content (AvgIpc) is 3.27. The molecule has 32 heavy (non-hydrogen) atoms. The molecular formula is C21H28N6O5. The molecule has 0 spiro atoms. The molecule has 0 saturated heterocycles. The van der Waals surface area contributed by atoms with E-state index in [1.807, 2.05) is 13.0 Å². The van der Waals surface area contributed by atoms with Crippen LogP contribution in [0.5, 0.6) is 0 Å². The van der Waals surface area contributed by atoms with Crippen LogP contribution in [0.2, 0.25) is 0 Å². The second kappa shape index (κ2) is 11.1. The Morgan fingerprint density at radius 2 is 2.19 bits per heavy atom. The summed E-state index contributed by atoms with van der Waals surface area (Å²) < 4.78 is 6.45. The smallest absolute Gasteiger partial charge is 0.407 e. The molecule has 0 saturated carbocycles. The lowest BCUT2D eigenvalue weighted by Gasteiger charge is -2.17. The zero-order valence-electron chi connectivity index (χ0n) is 18.0. The molecule has 0 bridgehead atoms. The third-order valence-electron chi connectivity index (χ3n) is 4.94. The number of hydrogen-bond donors (Lipinski definition) is 4. The summed E-state index contributed by atoms with van der Waals surface area (Å²) in [6.07, 6.45) is 5.57. The predicted molar refractivity (Wildman–Crippen MR) is 116 cm³/mol. The third kappa shape index (κ3) is 6.43. The van der Waals surface area contributed by atoms with Gasteiger partial charge in [-0.05, 0) is 30.9 Å². The first-order valence-corrected chi connectivity index (χ1v) is 10.7. The van der Waals surface area contributed by atoms with Crippen molar-refractivity contribution in [2.24, 2.45) is 0 Å². The lowest BCUT2D eigenvalue weighted by atomic mass is 10.1. The van der Waals surface area contributed by atoms with Crippen LogP contribution in [0.3, 0.4) is 0 Å². The average molecular weight is 444 g/mol. The van der Waals surface area contributed by atoms with Crippen LogP contribution in [0.4, 0.5) is 10.6 Å². The van der Waals surface area contributed by atoms with Crippen molar-refractivity contribution in [1.82, 2.24) is 25.4 Å². The van der Waals surface area contributed by atoms with E-state index in [2.05, 4.69) is 32.1 Å². The summed E-state index contributed by atoms with van der Waals surface area (Å²) in [4.78, 5) is 39.9. The highest BCUT2D eigenvalue weighted by Crippen LogP contribution is 2.19. The number of aliphatic carboxylic acids is 1. The molecule has 172 valence electrons. The van der Waals surface area contributed by atoms with Crippen LogP contribution < -0.4 is 16.0 Å². The Bertz CT molecular complexity index is 960. The Morgan fingerprint density at radius 1 is 1.34 bits per heavy atom. The second-order valence-electron chi connectivity index (χ2n) is 7.46. The monoisotopic (exact) mass is 444 g/mol. The molecule has 0 fully saturated rings. The van der Waals surface area contributed by atoms with Gasteiger partial charge in [0, 0.05) is 37.9 Å². The molecule has 3 heterocycles. The van der Waals surface area contributed by atoms with Gasteiger partial charge >= 0.3 is 12.1 Å². The van der Waals surface area contributed by atoms with Crippen molar-refractivity contribution in [2.75, 3.05) is 25.0 Å². The van der Waals surface area contributed by atoms with Gasteiger partial charge in [0.15, 0.2) is 0 Å². The summed E-state index contributed by atoms with van der Waals surface area (Å²) in [7, 11) is 0. The van der Waals surface area contributed by atoms with Gasteiger partial charge in [-0.1, -0.05) is 13.0 Å². The summed E-state index contributed by atoms with van der Waals surface area (Å²) >= 11 is 0. The van der Waals surface area contributed by atoms with E-state index >= 15 is 0 Å². The molecule has 2 aromatic heterocycles. The molecular weight excluding hydrogens is 416 g/mol. The molecule has 1 aliphatic heterocycles. The molecule has 4 N–H and O–H groups in total. The van der Waals surface area contributed by atoms with Gasteiger partial charge in [0.05, 0.1) is 18.4 Å². The molecule has 11 nitrogen and oxygen atoms in total. The van der Waals surface area contributed by atoms with Crippen molar-refractivity contribution in [3.63, 3.8) is 0 Å². The highest BCUT2D eigenvalue weighted by atomic mass is 16.5. The van der Waals surface area contributed by atoms with Crippen molar-refractivity contribution >= 4 is 23.8 Å². The minimum Gasteiger partial charge on any atom is -0.480 e. The molecule has 1 atom stereocenters. The molecule has 2 aromatic rings. The SMILES string of the molecule is CCCOC(=O)NC(CNC(=O)c1cnn(CCc2ccc3c(n2)NCCC3)c1)C(=O)O. The van der Waals surface area contributed by atoms with Gasteiger partial charge in [-0.25, -0.2) is 14.6 Å². The highest BCUT2D eigenvalue weighted by molar-refractivity contribution is 5.94. The lowest BCUT2D eigenvalue weighted by molar-refractivity contribution is -0.139. The van der Waals surface area contributed by atoms with Crippen molar-refractivity contribution in [1.29, 1.82) is 0 Å². The molecule has 0 radical (unpaired) electrons. The highest BCUT2D eigenvalue weighted by Gasteiger charge is 2.22. The number of ether oxygens (including phenoxy) is 1. The number of nitrogens with one attached hydrogen (secondary N) is 3. The summed E-state index contributed by atoms with van der Waals surface area (Å²) in [6.45, 7) is 3.19. The van der Waals surface area contributed by atoms with E-state index < -0.39 is 24.0 Å². The minimum atomic E-state index is -1.30. The Balaban J connectivity index is 1.49. The summed E-state index contributed by atoms with van der Waals surface area (Å²) in [6, 6.07) is 2.80. The van der Waals surface area contributed by atoms with Crippen molar-refractivity contribution in [3.05, 3.63) is 41.3 Å². The van der Waals surface area contributed by atoms with Crippen LogP contribution >= 0.6 is 0 Å². The van der Waals surface area contributed by atoms with Crippen LogP contribution in [-0.2, 0) is 28.9 Å². The van der Waals surface area contributed by atoms with E-state index in [1.54, 1.807) is 10.9 Å². The number of pyridine rings is 1. The number of hydrogen-bond acceptors (Lipinski definition) is 7. The fourth-order valence-corrected chi connectivity index (χ4v) is 3.22. The quantitative estimate of drug-likeness (QED) is 0.427. The number of carboxylic acid groups (broad SMARTS) is 1. The Hall–Kier alpha value is -3.63. The van der Waals surface area contributed by atoms with Gasteiger partial charge in [0.1, 0.15) is 11.9 Å². The molecule has 0 aromatic carbocycles. The van der Waals surface area contributed by atoms with Crippen LogP contribution in [0, 0.1) is 0 Å². The standard InChI is InChI=1S/C21H28N6O5/c1-2-10-32-21(31)26-17(20(29)30)12-23-19(28)15-11-24-27(13-15)9-7-16-6-5-14-4-3-8-22-18(14)25-16/h5-6,11,13,17H,2-4,7-10,12H2,1H3,(H,22,25)(H,23,28)(H,26,31)(H,29,30). The largest absolute Gasteiger partial charge is 0.480 e. The molecule has 11 heteroatoms.